The van der Waals surface area contributed by atoms with Crippen LogP contribution >= 0.6 is 0 Å². The van der Waals surface area contributed by atoms with E-state index >= 15 is 0 Å². The van der Waals surface area contributed by atoms with E-state index in [0.717, 1.165) is 0 Å². The minimum atomic E-state index is -1.69. The Morgan fingerprint density at radius 1 is 1.62 bits per heavy atom. The molecular formula is C7H7BN2O3. The van der Waals surface area contributed by atoms with Crippen LogP contribution in [0.5, 0.6) is 5.88 Å². The molecule has 0 fully saturated rings. The first-order valence-corrected chi connectivity index (χ1v) is 3.49. The summed E-state index contributed by atoms with van der Waals surface area (Å²) < 4.78 is 4.77. The number of pyridine rings is 1. The SMILES string of the molecule is COc1nccc(B(O)O)c1C#N. The molecule has 1 heterocycles. The predicted octanol–water partition coefficient (Wildman–Crippen LogP) is -1.36. The lowest BCUT2D eigenvalue weighted by Crippen LogP contribution is -2.32. The Morgan fingerprint density at radius 3 is 2.77 bits per heavy atom. The first-order chi connectivity index (χ1) is 6.20. The molecule has 0 aliphatic rings. The third kappa shape index (κ3) is 1.77. The summed E-state index contributed by atoms with van der Waals surface area (Å²) in [5.74, 6) is 0.0908. The van der Waals surface area contributed by atoms with E-state index in [1.165, 1.54) is 19.4 Å². The van der Waals surface area contributed by atoms with Crippen molar-refractivity contribution in [3.05, 3.63) is 17.8 Å². The monoisotopic (exact) mass is 178 g/mol. The fraction of sp³-hybridized carbons (Fsp3) is 0.143. The Balaban J connectivity index is 3.29. The van der Waals surface area contributed by atoms with E-state index < -0.39 is 7.12 Å². The van der Waals surface area contributed by atoms with Gasteiger partial charge in [-0.1, -0.05) is 0 Å². The molecular weight excluding hydrogens is 171 g/mol. The number of nitrogens with zero attached hydrogens (tertiary/aromatic N) is 2. The maximum atomic E-state index is 8.88. The van der Waals surface area contributed by atoms with Gasteiger partial charge in [-0.25, -0.2) is 4.98 Å². The van der Waals surface area contributed by atoms with Crippen molar-refractivity contribution in [1.82, 2.24) is 4.98 Å². The van der Waals surface area contributed by atoms with Crippen LogP contribution in [0.2, 0.25) is 0 Å². The number of hydrogen-bond acceptors (Lipinski definition) is 5. The number of nitriles is 1. The van der Waals surface area contributed by atoms with Gasteiger partial charge < -0.3 is 14.8 Å². The molecule has 1 rings (SSSR count). The number of rotatable bonds is 2. The first kappa shape index (κ1) is 9.51. The Kier molecular flexibility index (Phi) is 2.85. The highest BCUT2D eigenvalue weighted by Gasteiger charge is 2.19. The second-order valence-corrected chi connectivity index (χ2v) is 2.27. The molecule has 0 radical (unpaired) electrons. The highest BCUT2D eigenvalue weighted by molar-refractivity contribution is 6.59. The van der Waals surface area contributed by atoms with E-state index in [4.69, 9.17) is 20.0 Å². The third-order valence-electron chi connectivity index (χ3n) is 1.53. The Morgan fingerprint density at radius 2 is 2.31 bits per heavy atom. The Labute approximate surface area is 75.4 Å². The lowest BCUT2D eigenvalue weighted by atomic mass is 9.78. The Bertz CT molecular complexity index is 348. The summed E-state index contributed by atoms with van der Waals surface area (Å²) in [6.07, 6.45) is 1.34. The van der Waals surface area contributed by atoms with Crippen molar-refractivity contribution in [3.8, 4) is 11.9 Å². The molecule has 66 valence electrons. The van der Waals surface area contributed by atoms with Gasteiger partial charge in [0.25, 0.3) is 0 Å². The van der Waals surface area contributed by atoms with Crippen molar-refractivity contribution in [2.75, 3.05) is 7.11 Å². The van der Waals surface area contributed by atoms with Crippen LogP contribution in [-0.4, -0.2) is 29.3 Å². The average molecular weight is 178 g/mol. The average Bonchev–Trinajstić information content (AvgIpc) is 2.16. The molecule has 5 nitrogen and oxygen atoms in total. The Hall–Kier alpha value is -1.58. The van der Waals surface area contributed by atoms with E-state index in [-0.39, 0.29) is 16.9 Å². The summed E-state index contributed by atoms with van der Waals surface area (Å²) in [5.41, 5.74) is 0.134. The molecule has 0 saturated carbocycles. The molecule has 6 heteroatoms. The standard InChI is InChI=1S/C7H7BN2O3/c1-13-7-5(4-9)6(8(11)12)2-3-10-7/h2-3,11-12H,1H3. The number of hydrogen-bond donors (Lipinski definition) is 2. The highest BCUT2D eigenvalue weighted by Crippen LogP contribution is 2.09. The maximum absolute atomic E-state index is 8.88. The second-order valence-electron chi connectivity index (χ2n) is 2.27. The second kappa shape index (κ2) is 3.89. The summed E-state index contributed by atoms with van der Waals surface area (Å²) in [6, 6.07) is 3.14. The summed E-state index contributed by atoms with van der Waals surface area (Å²) in [5, 5.41) is 26.4. The molecule has 0 unspecified atom stereocenters. The van der Waals surface area contributed by atoms with Crippen LogP contribution in [0.15, 0.2) is 12.3 Å². The van der Waals surface area contributed by atoms with Gasteiger partial charge in [-0.2, -0.15) is 5.26 Å². The maximum Gasteiger partial charge on any atom is 0.490 e. The van der Waals surface area contributed by atoms with Crippen molar-refractivity contribution < 1.29 is 14.8 Å². The molecule has 0 aromatic carbocycles. The normalized spacial score (nSPS) is 9.08. The zero-order valence-corrected chi connectivity index (χ0v) is 6.93. The number of aromatic nitrogens is 1. The smallest absolute Gasteiger partial charge is 0.480 e. The summed E-state index contributed by atoms with van der Waals surface area (Å²) in [6.45, 7) is 0. The minimum absolute atomic E-state index is 0.0417. The molecule has 0 aliphatic carbocycles. The fourth-order valence-electron chi connectivity index (χ4n) is 0.939. The van der Waals surface area contributed by atoms with Gasteiger partial charge in [0.05, 0.1) is 7.11 Å². The first-order valence-electron chi connectivity index (χ1n) is 3.49. The van der Waals surface area contributed by atoms with Gasteiger partial charge in [0, 0.05) is 11.7 Å². The summed E-state index contributed by atoms with van der Waals surface area (Å²) in [7, 11) is -0.331. The molecule has 0 aliphatic heterocycles. The van der Waals surface area contributed by atoms with Crippen LogP contribution in [0.1, 0.15) is 5.56 Å². The van der Waals surface area contributed by atoms with E-state index in [1.54, 1.807) is 6.07 Å². The molecule has 0 spiro atoms. The molecule has 13 heavy (non-hydrogen) atoms. The zero-order valence-electron chi connectivity index (χ0n) is 6.93. The van der Waals surface area contributed by atoms with E-state index in [9.17, 15) is 0 Å². The van der Waals surface area contributed by atoms with Crippen LogP contribution in [0.3, 0.4) is 0 Å². The molecule has 0 saturated heterocycles. The van der Waals surface area contributed by atoms with Gasteiger partial charge in [0.2, 0.25) is 5.88 Å². The van der Waals surface area contributed by atoms with Crippen LogP contribution in [-0.2, 0) is 0 Å². The van der Waals surface area contributed by atoms with Crippen LogP contribution in [0.25, 0.3) is 0 Å². The van der Waals surface area contributed by atoms with Crippen molar-refractivity contribution in [3.63, 3.8) is 0 Å². The van der Waals surface area contributed by atoms with Crippen LogP contribution < -0.4 is 10.2 Å². The largest absolute Gasteiger partial charge is 0.490 e. The van der Waals surface area contributed by atoms with Gasteiger partial charge in [-0.05, 0) is 6.07 Å². The quantitative estimate of drug-likeness (QED) is 0.546. The predicted molar refractivity (Wildman–Crippen MR) is 45.3 cm³/mol. The topological polar surface area (TPSA) is 86.4 Å². The zero-order chi connectivity index (χ0) is 9.84. The lowest BCUT2D eigenvalue weighted by molar-refractivity contribution is 0.395. The van der Waals surface area contributed by atoms with Gasteiger partial charge in [0.1, 0.15) is 11.6 Å². The van der Waals surface area contributed by atoms with Gasteiger partial charge in [-0.15, -0.1) is 0 Å². The van der Waals surface area contributed by atoms with Gasteiger partial charge in [0.15, 0.2) is 0 Å². The van der Waals surface area contributed by atoms with Crippen LogP contribution in [0.4, 0.5) is 0 Å². The third-order valence-corrected chi connectivity index (χ3v) is 1.53. The minimum Gasteiger partial charge on any atom is -0.480 e. The van der Waals surface area contributed by atoms with E-state index in [0.29, 0.717) is 0 Å². The van der Waals surface area contributed by atoms with Crippen molar-refractivity contribution in [2.24, 2.45) is 0 Å². The van der Waals surface area contributed by atoms with Crippen molar-refractivity contribution in [2.45, 2.75) is 0 Å². The fourth-order valence-corrected chi connectivity index (χ4v) is 0.939. The van der Waals surface area contributed by atoms with Gasteiger partial charge >= 0.3 is 7.12 Å². The van der Waals surface area contributed by atoms with Gasteiger partial charge in [-0.3, -0.25) is 0 Å². The molecule has 0 amide bonds. The number of ether oxygens (including phenoxy) is 1. The lowest BCUT2D eigenvalue weighted by Gasteiger charge is -2.05. The number of methoxy groups -OCH3 is 1. The summed E-state index contributed by atoms with van der Waals surface area (Å²) >= 11 is 0. The van der Waals surface area contributed by atoms with Crippen molar-refractivity contribution >= 4 is 12.6 Å². The van der Waals surface area contributed by atoms with E-state index in [2.05, 4.69) is 4.98 Å². The van der Waals surface area contributed by atoms with E-state index in [1.807, 2.05) is 0 Å². The summed E-state index contributed by atoms with van der Waals surface area (Å²) in [4.78, 5) is 3.74. The molecule has 0 bridgehead atoms. The van der Waals surface area contributed by atoms with Crippen LogP contribution in [0, 0.1) is 11.3 Å². The molecule has 2 N–H and O–H groups in total. The van der Waals surface area contributed by atoms with Crippen molar-refractivity contribution in [1.29, 1.82) is 5.26 Å². The molecule has 1 aromatic heterocycles. The molecule has 0 atom stereocenters. The molecule has 1 aromatic rings. The highest BCUT2D eigenvalue weighted by atomic mass is 16.5.